The number of fused-ring (bicyclic) bond motifs is 4. The van der Waals surface area contributed by atoms with Gasteiger partial charge in [-0.05, 0) is 103 Å². The van der Waals surface area contributed by atoms with Gasteiger partial charge >= 0.3 is 5.97 Å². The third kappa shape index (κ3) is 4.28. The fourth-order valence-electron chi connectivity index (χ4n) is 13.6. The van der Waals surface area contributed by atoms with Gasteiger partial charge in [-0.15, -0.1) is 0 Å². The lowest BCUT2D eigenvalue weighted by atomic mass is 9.41. The molecular formula is C37H58O10. The van der Waals surface area contributed by atoms with Crippen LogP contribution in [0, 0.1) is 50.7 Å². The normalized spacial score (nSPS) is 56.6. The Hall–Kier alpha value is -1.11. The van der Waals surface area contributed by atoms with E-state index in [9.17, 15) is 30.3 Å². The zero-order valence-corrected chi connectivity index (χ0v) is 29.3. The SMILES string of the molecule is C=C(C)C(OC(C)=O)C1CC(C)C2C(O)(O1)C(O)C1(C)C3CCC4C(C)(C)C(OC5OCC(O)C(O)C5O)CCC45CC35CCC21C. The van der Waals surface area contributed by atoms with Crippen molar-refractivity contribution in [2.24, 2.45) is 50.7 Å². The lowest BCUT2D eigenvalue weighted by Gasteiger charge is -2.63. The third-order valence-corrected chi connectivity index (χ3v) is 15.7. The topological polar surface area (TPSA) is 155 Å². The Balaban J connectivity index is 1.16. The summed E-state index contributed by atoms with van der Waals surface area (Å²) in [6.45, 7) is 18.3. The minimum atomic E-state index is -1.77. The number of carbonyl (C=O) groups is 1. The van der Waals surface area contributed by atoms with Crippen molar-refractivity contribution in [1.29, 1.82) is 0 Å². The molecule has 7 aliphatic rings. The molecular weight excluding hydrogens is 604 g/mol. The van der Waals surface area contributed by atoms with E-state index in [0.29, 0.717) is 17.9 Å². The minimum Gasteiger partial charge on any atom is -0.455 e. The van der Waals surface area contributed by atoms with Crippen LogP contribution in [0.2, 0.25) is 0 Å². The van der Waals surface area contributed by atoms with Gasteiger partial charge in [-0.2, -0.15) is 0 Å². The van der Waals surface area contributed by atoms with Gasteiger partial charge in [-0.3, -0.25) is 4.79 Å². The van der Waals surface area contributed by atoms with Crippen LogP contribution in [0.3, 0.4) is 0 Å². The zero-order chi connectivity index (χ0) is 34.3. The van der Waals surface area contributed by atoms with E-state index in [1.165, 1.54) is 6.92 Å². The number of esters is 1. The molecule has 17 atom stereocenters. The molecule has 0 radical (unpaired) electrons. The molecule has 17 unspecified atom stereocenters. The molecule has 5 N–H and O–H groups in total. The van der Waals surface area contributed by atoms with Crippen molar-refractivity contribution in [1.82, 2.24) is 0 Å². The Morgan fingerprint density at radius 3 is 2.26 bits per heavy atom. The predicted octanol–water partition coefficient (Wildman–Crippen LogP) is 3.45. The van der Waals surface area contributed by atoms with Gasteiger partial charge < -0.3 is 44.5 Å². The van der Waals surface area contributed by atoms with Crippen molar-refractivity contribution in [3.8, 4) is 0 Å². The van der Waals surface area contributed by atoms with Crippen molar-refractivity contribution in [3.05, 3.63) is 12.2 Å². The Bertz CT molecular complexity index is 1300. The largest absolute Gasteiger partial charge is 0.455 e. The number of hydrogen-bond acceptors (Lipinski definition) is 10. The number of aliphatic hydroxyl groups excluding tert-OH is 4. The van der Waals surface area contributed by atoms with Gasteiger partial charge in [0.1, 0.15) is 36.6 Å². The van der Waals surface area contributed by atoms with Gasteiger partial charge in [-0.25, -0.2) is 0 Å². The highest BCUT2D eigenvalue weighted by Gasteiger charge is 2.86. The van der Waals surface area contributed by atoms with E-state index in [0.717, 1.165) is 44.9 Å². The summed E-state index contributed by atoms with van der Waals surface area (Å²) in [5, 5.41) is 55.9. The summed E-state index contributed by atoms with van der Waals surface area (Å²) in [4.78, 5) is 12.0. The van der Waals surface area contributed by atoms with Crippen LogP contribution >= 0.6 is 0 Å². The van der Waals surface area contributed by atoms with Crippen LogP contribution in [0.25, 0.3) is 0 Å². The molecule has 7 rings (SSSR count). The molecule has 5 aliphatic carbocycles. The van der Waals surface area contributed by atoms with Gasteiger partial charge in [0.2, 0.25) is 0 Å². The summed E-state index contributed by atoms with van der Waals surface area (Å²) < 4.78 is 24.3. The maximum absolute atomic E-state index is 12.6. The molecule has 2 saturated heterocycles. The summed E-state index contributed by atoms with van der Waals surface area (Å²) in [7, 11) is 0. The summed E-state index contributed by atoms with van der Waals surface area (Å²) in [5.41, 5.74) is -0.349. The Morgan fingerprint density at radius 2 is 1.60 bits per heavy atom. The average molecular weight is 663 g/mol. The van der Waals surface area contributed by atoms with Crippen LogP contribution < -0.4 is 0 Å². The summed E-state index contributed by atoms with van der Waals surface area (Å²) in [5.74, 6) is -1.86. The number of ether oxygens (including phenoxy) is 4. The lowest BCUT2D eigenvalue weighted by Crippen LogP contribution is -2.61. The molecule has 47 heavy (non-hydrogen) atoms. The maximum Gasteiger partial charge on any atom is 0.303 e. The second-order valence-electron chi connectivity index (χ2n) is 18.0. The van der Waals surface area contributed by atoms with Gasteiger partial charge in [0.25, 0.3) is 0 Å². The summed E-state index contributed by atoms with van der Waals surface area (Å²) >= 11 is 0. The van der Waals surface area contributed by atoms with Gasteiger partial charge in [0.15, 0.2) is 12.1 Å². The van der Waals surface area contributed by atoms with Crippen LogP contribution in [0.5, 0.6) is 0 Å². The van der Waals surface area contributed by atoms with Gasteiger partial charge in [0.05, 0.1) is 12.7 Å². The number of rotatable bonds is 5. The number of hydrogen-bond donors (Lipinski definition) is 5. The van der Waals surface area contributed by atoms with Crippen molar-refractivity contribution >= 4 is 5.97 Å². The number of carbonyl (C=O) groups excluding carboxylic acids is 1. The second-order valence-corrected chi connectivity index (χ2v) is 18.0. The molecule has 2 heterocycles. The monoisotopic (exact) mass is 662 g/mol. The number of aliphatic hydroxyl groups is 5. The highest BCUT2D eigenvalue weighted by Crippen LogP contribution is 2.89. The predicted molar refractivity (Wildman–Crippen MR) is 170 cm³/mol. The first-order valence-electron chi connectivity index (χ1n) is 18.0. The molecule has 266 valence electrons. The summed E-state index contributed by atoms with van der Waals surface area (Å²) in [6.07, 6.45) is 0.00455. The van der Waals surface area contributed by atoms with Crippen LogP contribution in [0.4, 0.5) is 0 Å². The van der Waals surface area contributed by atoms with E-state index in [2.05, 4.69) is 41.2 Å². The van der Waals surface area contributed by atoms with Gasteiger partial charge in [-0.1, -0.05) is 41.2 Å². The van der Waals surface area contributed by atoms with E-state index >= 15 is 0 Å². The molecule has 0 aromatic heterocycles. The average Bonchev–Trinajstić information content (AvgIpc) is 3.63. The van der Waals surface area contributed by atoms with Crippen LogP contribution in [0.1, 0.15) is 99.8 Å². The molecule has 0 aromatic rings. The fourth-order valence-corrected chi connectivity index (χ4v) is 13.6. The first kappa shape index (κ1) is 34.3. The van der Waals surface area contributed by atoms with E-state index in [1.54, 1.807) is 6.92 Å². The first-order chi connectivity index (χ1) is 21.8. The summed E-state index contributed by atoms with van der Waals surface area (Å²) in [6, 6.07) is 0. The fraction of sp³-hybridized carbons (Fsp3) is 0.919. The molecule has 7 fully saturated rings. The van der Waals surface area contributed by atoms with Crippen molar-refractivity contribution in [3.63, 3.8) is 0 Å². The van der Waals surface area contributed by atoms with Crippen LogP contribution in [-0.2, 0) is 23.7 Å². The minimum absolute atomic E-state index is 0.0275. The Morgan fingerprint density at radius 1 is 0.936 bits per heavy atom. The molecule has 10 nitrogen and oxygen atoms in total. The molecule has 0 aromatic carbocycles. The third-order valence-electron chi connectivity index (χ3n) is 15.7. The molecule has 2 aliphatic heterocycles. The van der Waals surface area contributed by atoms with Gasteiger partial charge in [0, 0.05) is 18.3 Å². The smallest absolute Gasteiger partial charge is 0.303 e. The van der Waals surface area contributed by atoms with Crippen LogP contribution in [-0.4, -0.2) is 92.9 Å². The molecule has 5 saturated carbocycles. The highest BCUT2D eigenvalue weighted by molar-refractivity contribution is 5.66. The van der Waals surface area contributed by atoms with E-state index in [-0.39, 0.29) is 52.1 Å². The quantitative estimate of drug-likeness (QED) is 0.168. The highest BCUT2D eigenvalue weighted by atomic mass is 16.7. The maximum atomic E-state index is 12.6. The molecule has 2 spiro atoms. The first-order valence-corrected chi connectivity index (χ1v) is 18.0. The molecule has 10 heteroatoms. The van der Waals surface area contributed by atoms with E-state index in [1.807, 2.05) is 0 Å². The van der Waals surface area contributed by atoms with Crippen LogP contribution in [0.15, 0.2) is 12.2 Å². The van der Waals surface area contributed by atoms with E-state index in [4.69, 9.17) is 18.9 Å². The Labute approximate surface area is 279 Å². The molecule has 0 bridgehead atoms. The van der Waals surface area contributed by atoms with E-state index < -0.39 is 60.1 Å². The zero-order valence-electron chi connectivity index (χ0n) is 29.3. The standard InChI is InChI=1S/C37H58O10/c1-18(2)28(45-20(4)38)22-15-19(3)29-33(7)13-14-36-17-35(36)12-11-25(46-30-27(41)26(40)21(39)16-44-30)32(5,6)23(35)9-10-24(36)34(33,8)31(42)37(29,43)47-22/h19,21-31,39-43H,1,9-17H2,2-8H3. The van der Waals surface area contributed by atoms with Crippen molar-refractivity contribution < 1.29 is 49.3 Å². The second kappa shape index (κ2) is 10.7. The lowest BCUT2D eigenvalue weighted by molar-refractivity contribution is -0.333. The van der Waals surface area contributed by atoms with Crippen molar-refractivity contribution in [2.75, 3.05) is 6.61 Å². The Kier molecular flexibility index (Phi) is 7.82. The molecule has 0 amide bonds. The van der Waals surface area contributed by atoms with Crippen molar-refractivity contribution in [2.45, 2.75) is 155 Å².